The molecule has 2 rings (SSSR count). The van der Waals surface area contributed by atoms with E-state index in [9.17, 15) is 5.11 Å². The van der Waals surface area contributed by atoms with Crippen LogP contribution in [0.3, 0.4) is 0 Å². The number of aliphatic hydroxyl groups excluding tert-OH is 1. The van der Waals surface area contributed by atoms with Gasteiger partial charge in [0.25, 0.3) is 0 Å². The van der Waals surface area contributed by atoms with Crippen molar-refractivity contribution >= 4 is 17.4 Å². The van der Waals surface area contributed by atoms with Crippen molar-refractivity contribution in [3.8, 4) is 0 Å². The molecule has 0 aliphatic carbocycles. The molecular formula is C11H15ClN2O. The van der Waals surface area contributed by atoms with Crippen LogP contribution in [0, 0.1) is 11.8 Å². The Morgan fingerprint density at radius 2 is 2.33 bits per heavy atom. The largest absolute Gasteiger partial charge is 0.396 e. The van der Waals surface area contributed by atoms with Crippen LogP contribution in [0.25, 0.3) is 0 Å². The molecule has 1 N–H and O–H groups in total. The molecule has 2 heterocycles. The Bertz CT molecular complexity index is 345. The van der Waals surface area contributed by atoms with Crippen molar-refractivity contribution in [3.63, 3.8) is 0 Å². The molecule has 0 unspecified atom stereocenters. The minimum Gasteiger partial charge on any atom is -0.396 e. The molecule has 0 spiro atoms. The smallest absolute Gasteiger partial charge is 0.131 e. The van der Waals surface area contributed by atoms with Gasteiger partial charge in [-0.1, -0.05) is 24.6 Å². The Kier molecular flexibility index (Phi) is 3.12. The summed E-state index contributed by atoms with van der Waals surface area (Å²) in [5, 5.41) is 9.70. The highest BCUT2D eigenvalue weighted by Gasteiger charge is 2.29. The molecule has 0 amide bonds. The van der Waals surface area contributed by atoms with Gasteiger partial charge in [-0.15, -0.1) is 0 Å². The number of aliphatic hydroxyl groups is 1. The fraction of sp³-hybridized carbons (Fsp3) is 0.545. The third-order valence-corrected chi connectivity index (χ3v) is 3.24. The van der Waals surface area contributed by atoms with Crippen LogP contribution in [0.1, 0.15) is 6.92 Å². The summed E-state index contributed by atoms with van der Waals surface area (Å²) >= 11 is 5.84. The van der Waals surface area contributed by atoms with Crippen LogP contribution >= 0.6 is 11.6 Å². The van der Waals surface area contributed by atoms with Crippen LogP contribution in [0.2, 0.25) is 5.15 Å². The van der Waals surface area contributed by atoms with Crippen LogP contribution in [0.4, 0.5) is 5.82 Å². The monoisotopic (exact) mass is 226 g/mol. The second-order valence-corrected chi connectivity index (χ2v) is 4.53. The lowest BCUT2D eigenvalue weighted by molar-refractivity contribution is 0.212. The van der Waals surface area contributed by atoms with Gasteiger partial charge in [-0.2, -0.15) is 0 Å². The number of aromatic nitrogens is 1. The van der Waals surface area contributed by atoms with Crippen molar-refractivity contribution in [1.29, 1.82) is 0 Å². The Balaban J connectivity index is 2.13. The summed E-state index contributed by atoms with van der Waals surface area (Å²) in [7, 11) is 0. The van der Waals surface area contributed by atoms with E-state index in [4.69, 9.17) is 11.6 Å². The number of anilines is 1. The van der Waals surface area contributed by atoms with Crippen LogP contribution in [-0.4, -0.2) is 29.8 Å². The number of rotatable bonds is 2. The topological polar surface area (TPSA) is 36.4 Å². The van der Waals surface area contributed by atoms with E-state index in [2.05, 4.69) is 16.8 Å². The number of halogens is 1. The molecule has 1 aromatic rings. The maximum Gasteiger partial charge on any atom is 0.131 e. The molecule has 1 aromatic heterocycles. The average Bonchev–Trinajstić information content (AvgIpc) is 2.60. The molecule has 2 atom stereocenters. The Morgan fingerprint density at radius 1 is 1.53 bits per heavy atom. The normalized spacial score (nSPS) is 25.9. The molecule has 4 heteroatoms. The zero-order chi connectivity index (χ0) is 10.8. The molecule has 1 saturated heterocycles. The average molecular weight is 227 g/mol. The third kappa shape index (κ3) is 2.24. The molecular weight excluding hydrogens is 212 g/mol. The first-order valence-electron chi connectivity index (χ1n) is 5.19. The highest BCUT2D eigenvalue weighted by molar-refractivity contribution is 6.29. The summed E-state index contributed by atoms with van der Waals surface area (Å²) in [6.45, 7) is 4.22. The Labute approximate surface area is 94.7 Å². The maximum absolute atomic E-state index is 9.18. The van der Waals surface area contributed by atoms with Crippen LogP contribution in [0.5, 0.6) is 0 Å². The van der Waals surface area contributed by atoms with Gasteiger partial charge >= 0.3 is 0 Å². The summed E-state index contributed by atoms with van der Waals surface area (Å²) in [6, 6.07) is 5.63. The van der Waals surface area contributed by atoms with E-state index in [1.54, 1.807) is 6.07 Å². The lowest BCUT2D eigenvalue weighted by atomic mass is 10.00. The van der Waals surface area contributed by atoms with Crippen LogP contribution in [-0.2, 0) is 0 Å². The van der Waals surface area contributed by atoms with Crippen LogP contribution < -0.4 is 4.90 Å². The van der Waals surface area contributed by atoms with E-state index in [1.807, 2.05) is 12.1 Å². The van der Waals surface area contributed by atoms with Crippen LogP contribution in [0.15, 0.2) is 18.2 Å². The number of nitrogens with zero attached hydrogens (tertiary/aromatic N) is 2. The van der Waals surface area contributed by atoms with E-state index in [0.717, 1.165) is 18.9 Å². The van der Waals surface area contributed by atoms with Gasteiger partial charge in [-0.3, -0.25) is 0 Å². The van der Waals surface area contributed by atoms with Gasteiger partial charge in [0.1, 0.15) is 11.0 Å². The highest BCUT2D eigenvalue weighted by Crippen LogP contribution is 2.27. The SMILES string of the molecule is C[C@@H]1CN(c2cccc(Cl)n2)C[C@H]1CO. The molecule has 3 nitrogen and oxygen atoms in total. The van der Waals surface area contributed by atoms with Crippen molar-refractivity contribution in [2.45, 2.75) is 6.92 Å². The van der Waals surface area contributed by atoms with Gasteiger partial charge in [0.2, 0.25) is 0 Å². The number of hydrogen-bond acceptors (Lipinski definition) is 3. The second-order valence-electron chi connectivity index (χ2n) is 4.14. The lowest BCUT2D eigenvalue weighted by Gasteiger charge is -2.16. The summed E-state index contributed by atoms with van der Waals surface area (Å²) < 4.78 is 0. The second kappa shape index (κ2) is 4.37. The lowest BCUT2D eigenvalue weighted by Crippen LogP contribution is -2.21. The summed E-state index contributed by atoms with van der Waals surface area (Å²) in [5.41, 5.74) is 0. The zero-order valence-corrected chi connectivity index (χ0v) is 9.48. The Morgan fingerprint density at radius 3 is 2.93 bits per heavy atom. The van der Waals surface area contributed by atoms with E-state index >= 15 is 0 Å². The highest BCUT2D eigenvalue weighted by atomic mass is 35.5. The third-order valence-electron chi connectivity index (χ3n) is 3.03. The summed E-state index contributed by atoms with van der Waals surface area (Å²) in [5.74, 6) is 1.77. The first-order valence-corrected chi connectivity index (χ1v) is 5.57. The Hall–Kier alpha value is -0.800. The van der Waals surface area contributed by atoms with Crippen molar-refractivity contribution in [2.24, 2.45) is 11.8 Å². The minimum absolute atomic E-state index is 0.248. The molecule has 82 valence electrons. The summed E-state index contributed by atoms with van der Waals surface area (Å²) in [4.78, 5) is 6.45. The minimum atomic E-state index is 0.248. The van der Waals surface area contributed by atoms with Crippen molar-refractivity contribution < 1.29 is 5.11 Å². The zero-order valence-electron chi connectivity index (χ0n) is 8.73. The van der Waals surface area contributed by atoms with Crippen molar-refractivity contribution in [1.82, 2.24) is 4.98 Å². The molecule has 1 aliphatic rings. The van der Waals surface area contributed by atoms with E-state index in [0.29, 0.717) is 17.0 Å². The maximum atomic E-state index is 9.18. The van der Waals surface area contributed by atoms with Gasteiger partial charge in [0, 0.05) is 25.6 Å². The fourth-order valence-corrected chi connectivity index (χ4v) is 2.19. The van der Waals surface area contributed by atoms with Gasteiger partial charge in [0.05, 0.1) is 0 Å². The first-order chi connectivity index (χ1) is 7.20. The van der Waals surface area contributed by atoms with Gasteiger partial charge < -0.3 is 10.0 Å². The molecule has 0 radical (unpaired) electrons. The van der Waals surface area contributed by atoms with Gasteiger partial charge in [-0.05, 0) is 18.1 Å². The summed E-state index contributed by atoms with van der Waals surface area (Å²) in [6.07, 6.45) is 0. The molecule has 0 bridgehead atoms. The molecule has 0 aromatic carbocycles. The predicted molar refractivity (Wildman–Crippen MR) is 61.2 cm³/mol. The van der Waals surface area contributed by atoms with Gasteiger partial charge in [0.15, 0.2) is 0 Å². The first kappa shape index (κ1) is 10.7. The molecule has 1 aliphatic heterocycles. The standard InChI is InChI=1S/C11H15ClN2O/c1-8-5-14(6-9(8)7-15)11-4-2-3-10(12)13-11/h2-4,8-9,15H,5-7H2,1H3/t8-,9+/m1/s1. The van der Waals surface area contributed by atoms with Crippen molar-refractivity contribution in [3.05, 3.63) is 23.4 Å². The molecule has 15 heavy (non-hydrogen) atoms. The van der Waals surface area contributed by atoms with E-state index < -0.39 is 0 Å². The number of pyridine rings is 1. The molecule has 1 fully saturated rings. The van der Waals surface area contributed by atoms with E-state index in [-0.39, 0.29) is 6.61 Å². The van der Waals surface area contributed by atoms with Crippen molar-refractivity contribution in [2.75, 3.05) is 24.6 Å². The quantitative estimate of drug-likeness (QED) is 0.782. The van der Waals surface area contributed by atoms with Gasteiger partial charge in [-0.25, -0.2) is 4.98 Å². The molecule has 0 saturated carbocycles. The fourth-order valence-electron chi connectivity index (χ4n) is 2.03. The number of hydrogen-bond donors (Lipinski definition) is 1. The predicted octanol–water partition coefficient (Wildman–Crippen LogP) is 1.80. The van der Waals surface area contributed by atoms with E-state index in [1.165, 1.54) is 0 Å².